The summed E-state index contributed by atoms with van der Waals surface area (Å²) in [7, 11) is 0. The van der Waals surface area contributed by atoms with E-state index in [0.29, 0.717) is 55.2 Å². The zero-order chi connectivity index (χ0) is 22.3. The van der Waals surface area contributed by atoms with Gasteiger partial charge in [0, 0.05) is 34.6 Å². The van der Waals surface area contributed by atoms with Gasteiger partial charge in [-0.3, -0.25) is 29.8 Å². The number of carbonyl (C=O) groups is 2. The number of nitro groups is 2. The summed E-state index contributed by atoms with van der Waals surface area (Å²) >= 11 is 0. The Morgan fingerprint density at radius 1 is 0.750 bits per heavy atom. The predicted octanol–water partition coefficient (Wildman–Crippen LogP) is 3.89. The molecule has 0 spiro atoms. The SMILES string of the molecule is O=C1CCc2cc3c(c([N+](=O)[O-])c21)CC(C1Cc2c(cc4c(c2[N+](=O)[O-])CCC4)C1=O)C3. The van der Waals surface area contributed by atoms with Crippen molar-refractivity contribution in [1.82, 2.24) is 0 Å². The fraction of sp³-hybridized carbons (Fsp3) is 0.417. The van der Waals surface area contributed by atoms with Gasteiger partial charge in [-0.1, -0.05) is 6.07 Å². The Bertz CT molecular complexity index is 1290. The topological polar surface area (TPSA) is 120 Å². The summed E-state index contributed by atoms with van der Waals surface area (Å²) in [5, 5.41) is 23.8. The maximum atomic E-state index is 13.4. The molecule has 8 nitrogen and oxygen atoms in total. The molecule has 0 radical (unpaired) electrons. The molecule has 0 heterocycles. The first kappa shape index (κ1) is 19.3. The fourth-order valence-electron chi connectivity index (χ4n) is 6.53. The molecule has 32 heavy (non-hydrogen) atoms. The van der Waals surface area contributed by atoms with E-state index >= 15 is 0 Å². The van der Waals surface area contributed by atoms with Crippen molar-refractivity contribution in [3.05, 3.63) is 76.9 Å². The molecule has 2 atom stereocenters. The van der Waals surface area contributed by atoms with E-state index in [0.717, 1.165) is 35.1 Å². The Morgan fingerprint density at radius 3 is 2.28 bits per heavy atom. The third-order valence-corrected chi connectivity index (χ3v) is 7.86. The molecule has 0 saturated heterocycles. The van der Waals surface area contributed by atoms with Gasteiger partial charge in [-0.15, -0.1) is 0 Å². The van der Waals surface area contributed by atoms with E-state index in [1.165, 1.54) is 0 Å². The maximum Gasteiger partial charge on any atom is 0.283 e. The van der Waals surface area contributed by atoms with E-state index in [1.807, 2.05) is 12.1 Å². The highest BCUT2D eigenvalue weighted by Crippen LogP contribution is 2.48. The van der Waals surface area contributed by atoms with Crippen LogP contribution in [-0.4, -0.2) is 21.4 Å². The van der Waals surface area contributed by atoms with Gasteiger partial charge in [0.15, 0.2) is 11.6 Å². The van der Waals surface area contributed by atoms with Crippen LogP contribution in [-0.2, 0) is 38.5 Å². The molecule has 4 aliphatic rings. The molecule has 2 aromatic rings. The minimum Gasteiger partial charge on any atom is -0.294 e. The lowest BCUT2D eigenvalue weighted by Gasteiger charge is -2.15. The van der Waals surface area contributed by atoms with Gasteiger partial charge >= 0.3 is 0 Å². The molecule has 4 aliphatic carbocycles. The lowest BCUT2D eigenvalue weighted by Crippen LogP contribution is -2.21. The minimum atomic E-state index is -0.454. The van der Waals surface area contributed by atoms with Crippen molar-refractivity contribution in [3.63, 3.8) is 0 Å². The number of fused-ring (bicyclic) bond motifs is 4. The highest BCUT2D eigenvalue weighted by Gasteiger charge is 2.46. The van der Waals surface area contributed by atoms with Crippen LogP contribution in [0.25, 0.3) is 0 Å². The molecule has 0 amide bonds. The summed E-state index contributed by atoms with van der Waals surface area (Å²) in [6.07, 6.45) is 4.27. The van der Waals surface area contributed by atoms with Crippen LogP contribution in [0.15, 0.2) is 12.1 Å². The van der Waals surface area contributed by atoms with Crippen molar-refractivity contribution >= 4 is 22.9 Å². The summed E-state index contributed by atoms with van der Waals surface area (Å²) in [4.78, 5) is 48.6. The van der Waals surface area contributed by atoms with Crippen molar-refractivity contribution in [3.8, 4) is 0 Å². The summed E-state index contributed by atoms with van der Waals surface area (Å²) in [6.45, 7) is 0. The summed E-state index contributed by atoms with van der Waals surface area (Å²) in [6, 6.07) is 3.76. The van der Waals surface area contributed by atoms with Crippen LogP contribution in [0.1, 0.15) is 66.9 Å². The molecule has 6 rings (SSSR count). The third kappa shape index (κ3) is 2.49. The van der Waals surface area contributed by atoms with Crippen molar-refractivity contribution in [1.29, 1.82) is 0 Å². The minimum absolute atomic E-state index is 0.0816. The zero-order valence-corrected chi connectivity index (χ0v) is 17.3. The number of hydrogen-bond donors (Lipinski definition) is 0. The zero-order valence-electron chi connectivity index (χ0n) is 17.3. The van der Waals surface area contributed by atoms with Crippen LogP contribution in [0.2, 0.25) is 0 Å². The number of Topliss-reactive ketones (excluding diaryl/α,β-unsaturated/α-hetero) is 2. The number of rotatable bonds is 3. The molecule has 0 aromatic heterocycles. The van der Waals surface area contributed by atoms with Gasteiger partial charge < -0.3 is 0 Å². The van der Waals surface area contributed by atoms with Gasteiger partial charge in [-0.25, -0.2) is 0 Å². The first-order valence-electron chi connectivity index (χ1n) is 11.1. The number of hydrogen-bond acceptors (Lipinski definition) is 6. The van der Waals surface area contributed by atoms with Crippen LogP contribution in [0.3, 0.4) is 0 Å². The lowest BCUT2D eigenvalue weighted by molar-refractivity contribution is -0.386. The molecule has 162 valence electrons. The summed E-state index contributed by atoms with van der Waals surface area (Å²) in [5.41, 5.74) is 5.07. The quantitative estimate of drug-likeness (QED) is 0.536. The van der Waals surface area contributed by atoms with E-state index in [4.69, 9.17) is 0 Å². The Labute approximate surface area is 182 Å². The molecule has 2 unspecified atom stereocenters. The second kappa shape index (κ2) is 6.54. The number of nitrogens with zero attached hydrogens (tertiary/aromatic N) is 2. The lowest BCUT2D eigenvalue weighted by atomic mass is 9.86. The van der Waals surface area contributed by atoms with Crippen LogP contribution in [0, 0.1) is 32.1 Å². The third-order valence-electron chi connectivity index (χ3n) is 7.86. The predicted molar refractivity (Wildman–Crippen MR) is 113 cm³/mol. The van der Waals surface area contributed by atoms with Gasteiger partial charge in [0.05, 0.1) is 15.4 Å². The van der Waals surface area contributed by atoms with Crippen LogP contribution < -0.4 is 0 Å². The van der Waals surface area contributed by atoms with Gasteiger partial charge in [0.2, 0.25) is 0 Å². The second-order valence-corrected chi connectivity index (χ2v) is 9.42. The Hall–Kier alpha value is -3.42. The van der Waals surface area contributed by atoms with Gasteiger partial charge in [-0.2, -0.15) is 0 Å². The highest BCUT2D eigenvalue weighted by molar-refractivity contribution is 6.05. The fourth-order valence-corrected chi connectivity index (χ4v) is 6.53. The Balaban J connectivity index is 1.39. The maximum absolute atomic E-state index is 13.4. The monoisotopic (exact) mass is 432 g/mol. The van der Waals surface area contributed by atoms with Crippen LogP contribution in [0.4, 0.5) is 11.4 Å². The molecule has 0 saturated carbocycles. The smallest absolute Gasteiger partial charge is 0.283 e. The van der Waals surface area contributed by atoms with Crippen molar-refractivity contribution in [2.45, 2.75) is 51.4 Å². The number of nitro benzene ring substituents is 2. The van der Waals surface area contributed by atoms with E-state index in [1.54, 1.807) is 0 Å². The Morgan fingerprint density at radius 2 is 1.53 bits per heavy atom. The van der Waals surface area contributed by atoms with E-state index in [2.05, 4.69) is 0 Å². The van der Waals surface area contributed by atoms with Gasteiger partial charge in [0.1, 0.15) is 0 Å². The molecule has 8 heteroatoms. The average molecular weight is 432 g/mol. The molecule has 0 bridgehead atoms. The first-order valence-corrected chi connectivity index (χ1v) is 11.1. The molecule has 0 N–H and O–H groups in total. The molecular formula is C24H20N2O6. The molecular weight excluding hydrogens is 412 g/mol. The van der Waals surface area contributed by atoms with E-state index < -0.39 is 10.8 Å². The van der Waals surface area contributed by atoms with Crippen molar-refractivity contribution < 1.29 is 19.4 Å². The van der Waals surface area contributed by atoms with E-state index in [9.17, 15) is 29.8 Å². The number of carbonyl (C=O) groups excluding carboxylic acids is 2. The Kier molecular flexibility index (Phi) is 3.94. The van der Waals surface area contributed by atoms with Crippen molar-refractivity contribution in [2.75, 3.05) is 0 Å². The number of ketones is 2. The molecule has 0 fully saturated rings. The van der Waals surface area contributed by atoms with Crippen LogP contribution >= 0.6 is 0 Å². The number of aryl methyl sites for hydroxylation is 2. The number of benzene rings is 2. The largest absolute Gasteiger partial charge is 0.294 e. The molecule has 0 aliphatic heterocycles. The second-order valence-electron chi connectivity index (χ2n) is 9.42. The first-order chi connectivity index (χ1) is 15.3. The standard InChI is InChI=1S/C24H20N2O6/c27-20-5-4-12-6-13-7-14(9-16(13)23(21(12)20)26(31)32)17-10-18-19(24(17)28)8-11-2-1-3-15(11)22(18)25(29)30/h6,8,14,17H,1-5,7,9-10H2. The molecule has 2 aromatic carbocycles. The highest BCUT2D eigenvalue weighted by atomic mass is 16.6. The average Bonchev–Trinajstić information content (AvgIpc) is 3.51. The van der Waals surface area contributed by atoms with Gasteiger partial charge in [-0.05, 0) is 73.6 Å². The summed E-state index contributed by atoms with van der Waals surface area (Å²) in [5.74, 6) is -0.853. The van der Waals surface area contributed by atoms with Crippen LogP contribution in [0.5, 0.6) is 0 Å². The summed E-state index contributed by atoms with van der Waals surface area (Å²) < 4.78 is 0. The van der Waals surface area contributed by atoms with E-state index in [-0.39, 0.29) is 39.3 Å². The normalized spacial score (nSPS) is 22.6. The van der Waals surface area contributed by atoms with Crippen molar-refractivity contribution in [2.24, 2.45) is 11.8 Å². The van der Waals surface area contributed by atoms with Gasteiger partial charge in [0.25, 0.3) is 11.4 Å².